The first-order chi connectivity index (χ1) is 10.2. The van der Waals surface area contributed by atoms with Gasteiger partial charge in [0.25, 0.3) is 0 Å². The van der Waals surface area contributed by atoms with Gasteiger partial charge in [0.1, 0.15) is 0 Å². The van der Waals surface area contributed by atoms with Crippen molar-refractivity contribution in [2.75, 3.05) is 6.54 Å². The van der Waals surface area contributed by atoms with Crippen LogP contribution in [0.15, 0.2) is 30.3 Å². The molecule has 0 aliphatic rings. The highest BCUT2D eigenvalue weighted by atomic mass is 35.5. The van der Waals surface area contributed by atoms with Gasteiger partial charge in [-0.25, -0.2) is 0 Å². The lowest BCUT2D eigenvalue weighted by Gasteiger charge is -2.31. The molecular formula is C18H33Cl2N3O. The third-order valence-electron chi connectivity index (χ3n) is 3.67. The largest absolute Gasteiger partial charge is 0.353 e. The van der Waals surface area contributed by atoms with Crippen LogP contribution in [0, 0.1) is 5.92 Å². The van der Waals surface area contributed by atoms with Crippen LogP contribution in [-0.4, -0.2) is 24.0 Å². The van der Waals surface area contributed by atoms with Crippen LogP contribution in [0.5, 0.6) is 0 Å². The van der Waals surface area contributed by atoms with E-state index < -0.39 is 6.04 Å². The number of carbonyl (C=O) groups excluding carboxylic acids is 1. The summed E-state index contributed by atoms with van der Waals surface area (Å²) in [5.74, 6) is 0.348. The lowest BCUT2D eigenvalue weighted by atomic mass is 10.00. The molecule has 2 atom stereocenters. The van der Waals surface area contributed by atoms with Gasteiger partial charge in [-0.3, -0.25) is 4.79 Å². The maximum atomic E-state index is 12.0. The van der Waals surface area contributed by atoms with E-state index >= 15 is 0 Å². The number of hydrogen-bond acceptors (Lipinski definition) is 3. The molecule has 0 saturated heterocycles. The summed E-state index contributed by atoms with van der Waals surface area (Å²) < 4.78 is 0. The summed E-state index contributed by atoms with van der Waals surface area (Å²) in [7, 11) is 0. The van der Waals surface area contributed by atoms with Gasteiger partial charge in [-0.15, -0.1) is 24.8 Å². The van der Waals surface area contributed by atoms with E-state index in [4.69, 9.17) is 5.73 Å². The van der Waals surface area contributed by atoms with Gasteiger partial charge < -0.3 is 16.4 Å². The number of rotatable bonds is 8. The summed E-state index contributed by atoms with van der Waals surface area (Å²) in [6, 6.07) is 10.1. The van der Waals surface area contributed by atoms with Crippen molar-refractivity contribution >= 4 is 30.7 Å². The molecule has 1 aromatic carbocycles. The zero-order valence-electron chi connectivity index (χ0n) is 15.3. The molecule has 0 bridgehead atoms. The van der Waals surface area contributed by atoms with E-state index in [0.29, 0.717) is 18.9 Å². The van der Waals surface area contributed by atoms with E-state index in [1.54, 1.807) is 0 Å². The highest BCUT2D eigenvalue weighted by molar-refractivity contribution is 5.85. The standard InChI is InChI=1S/C18H31N3O.2ClH/c1-13(2)11-16(19)17(22)20-12-18(4,5)21-14(3)15-9-7-6-8-10-15;;/h6-10,13-14,16,21H,11-12,19H2,1-5H3,(H,20,22);2*1H/t14?,16-;;/m0../s1. The summed E-state index contributed by atoms with van der Waals surface area (Å²) in [4.78, 5) is 12.0. The highest BCUT2D eigenvalue weighted by Gasteiger charge is 2.23. The van der Waals surface area contributed by atoms with Gasteiger partial charge in [-0.1, -0.05) is 44.2 Å². The second-order valence-corrected chi connectivity index (χ2v) is 7.11. The zero-order chi connectivity index (χ0) is 16.8. The van der Waals surface area contributed by atoms with Gasteiger partial charge in [-0.05, 0) is 38.7 Å². The molecule has 6 heteroatoms. The summed E-state index contributed by atoms with van der Waals surface area (Å²) >= 11 is 0. The summed E-state index contributed by atoms with van der Waals surface area (Å²) in [5.41, 5.74) is 6.94. The molecule has 0 radical (unpaired) electrons. The van der Waals surface area contributed by atoms with Crippen LogP contribution in [0.3, 0.4) is 0 Å². The molecular weight excluding hydrogens is 345 g/mol. The zero-order valence-corrected chi connectivity index (χ0v) is 17.0. The number of nitrogens with one attached hydrogen (secondary N) is 2. The quantitative estimate of drug-likeness (QED) is 0.649. The Hall–Kier alpha value is -0.810. The van der Waals surface area contributed by atoms with Crippen LogP contribution in [0.4, 0.5) is 0 Å². The predicted molar refractivity (Wildman–Crippen MR) is 107 cm³/mol. The van der Waals surface area contributed by atoms with Crippen molar-refractivity contribution in [3.8, 4) is 0 Å². The number of nitrogens with two attached hydrogens (primary N) is 1. The van der Waals surface area contributed by atoms with Crippen molar-refractivity contribution in [1.82, 2.24) is 10.6 Å². The Morgan fingerprint density at radius 3 is 2.17 bits per heavy atom. The first kappa shape index (κ1) is 25.4. The molecule has 1 rings (SSSR count). The fourth-order valence-electron chi connectivity index (χ4n) is 2.52. The van der Waals surface area contributed by atoms with Crippen molar-refractivity contribution < 1.29 is 4.79 Å². The fraction of sp³-hybridized carbons (Fsp3) is 0.611. The SMILES string of the molecule is CC(C)C[C@H](N)C(=O)NCC(C)(C)NC(C)c1ccccc1.Cl.Cl. The van der Waals surface area contributed by atoms with Crippen LogP contribution < -0.4 is 16.4 Å². The van der Waals surface area contributed by atoms with Gasteiger partial charge in [0.2, 0.25) is 5.91 Å². The summed E-state index contributed by atoms with van der Waals surface area (Å²) in [6.07, 6.45) is 0.708. The summed E-state index contributed by atoms with van der Waals surface area (Å²) in [6.45, 7) is 11.0. The number of hydrogen-bond donors (Lipinski definition) is 3. The molecule has 1 amide bonds. The normalized spacial score (nSPS) is 13.5. The second-order valence-electron chi connectivity index (χ2n) is 7.11. The number of amides is 1. The van der Waals surface area contributed by atoms with Gasteiger partial charge in [0, 0.05) is 18.1 Å². The monoisotopic (exact) mass is 377 g/mol. The molecule has 24 heavy (non-hydrogen) atoms. The molecule has 0 aliphatic carbocycles. The Kier molecular flexibility index (Phi) is 12.4. The van der Waals surface area contributed by atoms with Crippen molar-refractivity contribution in [2.24, 2.45) is 11.7 Å². The van der Waals surface area contributed by atoms with Crippen LogP contribution in [0.25, 0.3) is 0 Å². The second kappa shape index (κ2) is 11.7. The molecule has 0 aromatic heterocycles. The van der Waals surface area contributed by atoms with E-state index in [1.165, 1.54) is 5.56 Å². The highest BCUT2D eigenvalue weighted by Crippen LogP contribution is 2.15. The molecule has 0 fully saturated rings. The number of halogens is 2. The van der Waals surface area contributed by atoms with Crippen LogP contribution >= 0.6 is 24.8 Å². The number of benzene rings is 1. The van der Waals surface area contributed by atoms with Crippen LogP contribution in [0.1, 0.15) is 52.6 Å². The minimum atomic E-state index is -0.428. The lowest BCUT2D eigenvalue weighted by Crippen LogP contribution is -2.52. The Bertz CT molecular complexity index is 467. The van der Waals surface area contributed by atoms with Crippen molar-refractivity contribution in [3.63, 3.8) is 0 Å². The molecule has 1 aromatic rings. The van der Waals surface area contributed by atoms with Crippen LogP contribution in [0.2, 0.25) is 0 Å². The maximum absolute atomic E-state index is 12.0. The molecule has 1 unspecified atom stereocenters. The van der Waals surface area contributed by atoms with Gasteiger partial charge in [0.15, 0.2) is 0 Å². The van der Waals surface area contributed by atoms with Gasteiger partial charge in [0.05, 0.1) is 6.04 Å². The minimum absolute atomic E-state index is 0. The van der Waals surface area contributed by atoms with Crippen molar-refractivity contribution in [1.29, 1.82) is 0 Å². The molecule has 0 heterocycles. The summed E-state index contributed by atoms with van der Waals surface area (Å²) in [5, 5.41) is 6.51. The topological polar surface area (TPSA) is 67.2 Å². The van der Waals surface area contributed by atoms with E-state index in [0.717, 1.165) is 0 Å². The molecule has 4 N–H and O–H groups in total. The Morgan fingerprint density at radius 2 is 1.67 bits per heavy atom. The van der Waals surface area contributed by atoms with E-state index in [9.17, 15) is 4.79 Å². The van der Waals surface area contributed by atoms with Gasteiger partial charge in [-0.2, -0.15) is 0 Å². The molecule has 0 saturated carbocycles. The van der Waals surface area contributed by atoms with E-state index in [2.05, 4.69) is 57.4 Å². The Balaban J connectivity index is 0. The lowest BCUT2D eigenvalue weighted by molar-refractivity contribution is -0.123. The average Bonchev–Trinajstić information content (AvgIpc) is 2.44. The fourth-order valence-corrected chi connectivity index (χ4v) is 2.52. The molecule has 140 valence electrons. The third-order valence-corrected chi connectivity index (χ3v) is 3.67. The predicted octanol–water partition coefficient (Wildman–Crippen LogP) is 3.45. The third kappa shape index (κ3) is 9.48. The maximum Gasteiger partial charge on any atom is 0.236 e. The molecule has 0 spiro atoms. The van der Waals surface area contributed by atoms with E-state index in [1.807, 2.05) is 18.2 Å². The number of carbonyl (C=O) groups is 1. The van der Waals surface area contributed by atoms with E-state index in [-0.39, 0.29) is 42.3 Å². The molecule has 0 aliphatic heterocycles. The first-order valence-corrected chi connectivity index (χ1v) is 8.07. The minimum Gasteiger partial charge on any atom is -0.353 e. The van der Waals surface area contributed by atoms with Crippen molar-refractivity contribution in [2.45, 2.75) is 58.7 Å². The van der Waals surface area contributed by atoms with Crippen molar-refractivity contribution in [3.05, 3.63) is 35.9 Å². The Morgan fingerprint density at radius 1 is 1.12 bits per heavy atom. The Labute approximate surface area is 159 Å². The van der Waals surface area contributed by atoms with Crippen LogP contribution in [-0.2, 0) is 4.79 Å². The smallest absolute Gasteiger partial charge is 0.236 e. The van der Waals surface area contributed by atoms with Gasteiger partial charge >= 0.3 is 0 Å². The molecule has 4 nitrogen and oxygen atoms in total. The average molecular weight is 378 g/mol. The first-order valence-electron chi connectivity index (χ1n) is 8.07.